The van der Waals surface area contributed by atoms with Crippen LogP contribution in [0.4, 0.5) is 32.0 Å². The number of hydrogen-bond acceptors (Lipinski definition) is 5. The maximum atomic E-state index is 13.9. The van der Waals surface area contributed by atoms with E-state index in [1.54, 1.807) is 0 Å². The number of fused-ring (bicyclic) bond motifs is 1. The van der Waals surface area contributed by atoms with Gasteiger partial charge in [-0.25, -0.2) is 22.6 Å². The minimum Gasteiger partial charge on any atom is -0.322 e. The highest BCUT2D eigenvalue weighted by molar-refractivity contribution is 7.89. The van der Waals surface area contributed by atoms with Gasteiger partial charge in [0.25, 0.3) is 5.91 Å². The smallest absolute Gasteiger partial charge is 0.322 e. The number of aryl methyl sites for hydroxylation is 1. The fraction of sp³-hybridized carbons (Fsp3) is 0.240. The van der Waals surface area contributed by atoms with Crippen LogP contribution < -0.4 is 10.0 Å². The summed E-state index contributed by atoms with van der Waals surface area (Å²) in [6.07, 6.45) is -7.31. The molecule has 4 aromatic rings. The van der Waals surface area contributed by atoms with Crippen LogP contribution in [0.1, 0.15) is 40.0 Å². The number of benzene rings is 2. The van der Waals surface area contributed by atoms with Gasteiger partial charge in [-0.05, 0) is 61.7 Å². The highest BCUT2D eigenvalue weighted by Gasteiger charge is 2.37. The molecule has 0 spiro atoms. The first kappa shape index (κ1) is 27.6. The van der Waals surface area contributed by atoms with Gasteiger partial charge in [0.2, 0.25) is 10.0 Å². The van der Waals surface area contributed by atoms with Crippen molar-refractivity contribution in [1.82, 2.24) is 19.3 Å². The number of carbonyl (C=O) groups is 1. The predicted molar refractivity (Wildman–Crippen MR) is 131 cm³/mol. The van der Waals surface area contributed by atoms with Gasteiger partial charge < -0.3 is 5.32 Å². The molecule has 8 nitrogen and oxygen atoms in total. The van der Waals surface area contributed by atoms with E-state index >= 15 is 0 Å². The number of halogens is 6. The van der Waals surface area contributed by atoms with Crippen molar-refractivity contribution in [3.05, 3.63) is 77.1 Å². The van der Waals surface area contributed by atoms with Crippen molar-refractivity contribution in [1.29, 1.82) is 0 Å². The summed E-state index contributed by atoms with van der Waals surface area (Å²) in [5, 5.41) is 6.10. The summed E-state index contributed by atoms with van der Waals surface area (Å²) in [6.45, 7) is 1.17. The summed E-state index contributed by atoms with van der Waals surface area (Å²) < 4.78 is 109. The molecule has 0 radical (unpaired) electrons. The van der Waals surface area contributed by atoms with E-state index in [0.29, 0.717) is 23.4 Å². The van der Waals surface area contributed by atoms with Crippen LogP contribution in [0.15, 0.2) is 59.6 Å². The summed E-state index contributed by atoms with van der Waals surface area (Å²) in [6, 6.07) is 8.57. The molecular formula is C25H19F6N5O3S. The van der Waals surface area contributed by atoms with E-state index < -0.39 is 45.2 Å². The van der Waals surface area contributed by atoms with Gasteiger partial charge in [0.05, 0.1) is 22.3 Å². The Labute approximate surface area is 223 Å². The van der Waals surface area contributed by atoms with Gasteiger partial charge in [-0.15, -0.1) is 0 Å². The van der Waals surface area contributed by atoms with Crippen LogP contribution in [0.25, 0.3) is 16.9 Å². The molecule has 0 unspecified atom stereocenters. The lowest BCUT2D eigenvalue weighted by atomic mass is 10.0. The summed E-state index contributed by atoms with van der Waals surface area (Å²) in [5.41, 5.74) is -3.67. The van der Waals surface area contributed by atoms with Crippen molar-refractivity contribution in [2.45, 2.75) is 43.1 Å². The van der Waals surface area contributed by atoms with Gasteiger partial charge >= 0.3 is 12.4 Å². The average molecular weight is 584 g/mol. The number of hydrogen-bond donors (Lipinski definition) is 2. The molecule has 0 atom stereocenters. The minimum atomic E-state index is -4.95. The lowest BCUT2D eigenvalue weighted by molar-refractivity contribution is -0.142. The quantitative estimate of drug-likeness (QED) is 0.295. The zero-order valence-electron chi connectivity index (χ0n) is 20.4. The van der Waals surface area contributed by atoms with Crippen LogP contribution in [0.5, 0.6) is 0 Å². The second kappa shape index (κ2) is 9.59. The number of amides is 1. The number of anilines is 1. The first-order valence-electron chi connectivity index (χ1n) is 11.7. The van der Waals surface area contributed by atoms with E-state index in [4.69, 9.17) is 0 Å². The van der Waals surface area contributed by atoms with Crippen LogP contribution >= 0.6 is 0 Å². The number of alkyl halides is 6. The molecular weight excluding hydrogens is 564 g/mol. The van der Waals surface area contributed by atoms with Crippen LogP contribution in [0.2, 0.25) is 0 Å². The number of nitrogens with zero attached hydrogens (tertiary/aromatic N) is 3. The topological polar surface area (TPSA) is 105 Å². The molecule has 2 heterocycles. The fourth-order valence-corrected chi connectivity index (χ4v) is 5.39. The Balaban J connectivity index is 1.53. The van der Waals surface area contributed by atoms with Crippen molar-refractivity contribution < 1.29 is 39.6 Å². The van der Waals surface area contributed by atoms with Crippen molar-refractivity contribution in [3.63, 3.8) is 0 Å². The maximum absolute atomic E-state index is 13.9. The Hall–Kier alpha value is -3.98. The lowest BCUT2D eigenvalue weighted by Crippen LogP contribution is -2.25. The van der Waals surface area contributed by atoms with Crippen molar-refractivity contribution in [2.24, 2.45) is 0 Å². The highest BCUT2D eigenvalue weighted by Crippen LogP contribution is 2.36. The van der Waals surface area contributed by atoms with E-state index in [9.17, 15) is 39.6 Å². The van der Waals surface area contributed by atoms with E-state index in [2.05, 4.69) is 20.1 Å². The van der Waals surface area contributed by atoms with Gasteiger partial charge in [0.1, 0.15) is 5.56 Å². The third-order valence-corrected chi connectivity index (χ3v) is 7.65. The average Bonchev–Trinajstić information content (AvgIpc) is 3.55. The molecule has 210 valence electrons. The Bertz CT molecular complexity index is 1740. The summed E-state index contributed by atoms with van der Waals surface area (Å²) >= 11 is 0. The van der Waals surface area contributed by atoms with E-state index in [-0.39, 0.29) is 39.0 Å². The van der Waals surface area contributed by atoms with Gasteiger partial charge in [-0.2, -0.15) is 31.4 Å². The zero-order chi connectivity index (χ0) is 29.0. The highest BCUT2D eigenvalue weighted by atomic mass is 32.2. The molecule has 1 fully saturated rings. The van der Waals surface area contributed by atoms with Crippen molar-refractivity contribution in [3.8, 4) is 11.3 Å². The number of carbonyl (C=O) groups excluding carboxylic acids is 1. The van der Waals surface area contributed by atoms with Crippen LogP contribution in [-0.2, 0) is 22.4 Å². The fourth-order valence-electron chi connectivity index (χ4n) is 4.04. The van der Waals surface area contributed by atoms with Crippen LogP contribution in [-0.4, -0.2) is 35.0 Å². The molecule has 1 aliphatic carbocycles. The molecule has 0 saturated heterocycles. The standard InChI is InChI=1S/C25H19F6N5O3S/c1-13-9-14(5-8-19(13)24(26,27)28)20-11-21(25(29,30)31)36-22(34-20)18(12-32-36)23(37)33-16-3-2-4-17(10-16)40(38,39)35-15-6-7-15/h2-5,8-12,15,35H,6-7H2,1H3,(H,33,37). The summed E-state index contributed by atoms with van der Waals surface area (Å²) in [7, 11) is -3.84. The molecule has 15 heteroatoms. The molecule has 40 heavy (non-hydrogen) atoms. The SMILES string of the molecule is Cc1cc(-c2cc(C(F)(F)F)n3ncc(C(=O)Nc4cccc(S(=O)(=O)NC5CC5)c4)c3n2)ccc1C(F)(F)F. The molecule has 1 amide bonds. The maximum Gasteiger partial charge on any atom is 0.433 e. The molecule has 0 aliphatic heterocycles. The number of aromatic nitrogens is 3. The molecule has 5 rings (SSSR count). The molecule has 2 aromatic heterocycles. The van der Waals surface area contributed by atoms with E-state index in [1.807, 2.05) is 0 Å². The zero-order valence-corrected chi connectivity index (χ0v) is 21.2. The summed E-state index contributed by atoms with van der Waals surface area (Å²) in [4.78, 5) is 17.1. The van der Waals surface area contributed by atoms with Crippen LogP contribution in [0.3, 0.4) is 0 Å². The third kappa shape index (κ3) is 5.51. The summed E-state index contributed by atoms with van der Waals surface area (Å²) in [5.74, 6) is -0.930. The molecule has 0 bridgehead atoms. The van der Waals surface area contributed by atoms with E-state index in [0.717, 1.165) is 24.4 Å². The monoisotopic (exact) mass is 583 g/mol. The number of sulfonamides is 1. The lowest BCUT2D eigenvalue weighted by Gasteiger charge is -2.14. The third-order valence-electron chi connectivity index (χ3n) is 6.14. The van der Waals surface area contributed by atoms with Gasteiger partial charge in [-0.3, -0.25) is 4.79 Å². The Kier molecular flexibility index (Phi) is 6.61. The predicted octanol–water partition coefficient (Wildman–Crippen LogP) is 5.44. The van der Waals surface area contributed by atoms with Crippen LogP contribution in [0, 0.1) is 6.92 Å². The second-order valence-corrected chi connectivity index (χ2v) is 10.9. The van der Waals surface area contributed by atoms with E-state index in [1.165, 1.54) is 31.2 Å². The normalized spacial score (nSPS) is 14.5. The Morgan fingerprint density at radius 1 is 1.00 bits per heavy atom. The van der Waals surface area contributed by atoms with Gasteiger partial charge in [0, 0.05) is 17.3 Å². The molecule has 2 N–H and O–H groups in total. The first-order valence-corrected chi connectivity index (χ1v) is 13.2. The first-order chi connectivity index (χ1) is 18.6. The number of nitrogens with one attached hydrogen (secondary N) is 2. The second-order valence-electron chi connectivity index (χ2n) is 9.22. The van der Waals surface area contributed by atoms with Crippen molar-refractivity contribution in [2.75, 3.05) is 5.32 Å². The largest absolute Gasteiger partial charge is 0.433 e. The van der Waals surface area contributed by atoms with Gasteiger partial charge in [-0.1, -0.05) is 12.1 Å². The number of rotatable bonds is 6. The minimum absolute atomic E-state index is 0.0351. The Morgan fingerprint density at radius 3 is 2.35 bits per heavy atom. The molecule has 2 aromatic carbocycles. The molecule has 1 saturated carbocycles. The van der Waals surface area contributed by atoms with Gasteiger partial charge in [0.15, 0.2) is 11.3 Å². The Morgan fingerprint density at radius 2 is 1.73 bits per heavy atom. The van der Waals surface area contributed by atoms with Crippen molar-refractivity contribution >= 4 is 27.3 Å². The molecule has 1 aliphatic rings.